The predicted molar refractivity (Wildman–Crippen MR) is 95.5 cm³/mol. The number of nitro groups is 1. The highest BCUT2D eigenvalue weighted by Gasteiger charge is 2.23. The number of carbonyl (C=O) groups is 1. The molecule has 0 aromatic heterocycles. The number of nitro benzene ring substituents is 1. The molecule has 1 fully saturated rings. The Morgan fingerprint density at radius 3 is 2.60 bits per heavy atom. The summed E-state index contributed by atoms with van der Waals surface area (Å²) in [5.74, 6) is -0.454. The van der Waals surface area contributed by atoms with E-state index in [1.165, 1.54) is 6.07 Å². The highest BCUT2D eigenvalue weighted by molar-refractivity contribution is 6.33. The smallest absolute Gasteiger partial charge is 0.293 e. The first kappa shape index (κ1) is 17.2. The molecule has 0 radical (unpaired) electrons. The summed E-state index contributed by atoms with van der Waals surface area (Å²) in [6.45, 7) is 2.19. The van der Waals surface area contributed by atoms with Crippen LogP contribution >= 0.6 is 11.6 Å². The molecule has 1 aliphatic heterocycles. The van der Waals surface area contributed by atoms with Gasteiger partial charge >= 0.3 is 0 Å². The lowest BCUT2D eigenvalue weighted by Gasteiger charge is -2.28. The second kappa shape index (κ2) is 7.50. The molecule has 2 aromatic rings. The van der Waals surface area contributed by atoms with Crippen molar-refractivity contribution in [2.24, 2.45) is 0 Å². The average molecular weight is 362 g/mol. The van der Waals surface area contributed by atoms with Gasteiger partial charge in [-0.2, -0.15) is 0 Å². The van der Waals surface area contributed by atoms with Crippen LogP contribution in [0, 0.1) is 10.1 Å². The summed E-state index contributed by atoms with van der Waals surface area (Å²) in [6.07, 6.45) is 0. The van der Waals surface area contributed by atoms with E-state index in [4.69, 9.17) is 16.3 Å². The summed E-state index contributed by atoms with van der Waals surface area (Å²) in [5, 5.41) is 14.5. The van der Waals surface area contributed by atoms with Gasteiger partial charge in [0.05, 0.1) is 28.8 Å². The first-order valence-corrected chi connectivity index (χ1v) is 8.11. The molecule has 7 nitrogen and oxygen atoms in total. The first-order valence-electron chi connectivity index (χ1n) is 7.73. The third-order valence-electron chi connectivity index (χ3n) is 3.91. The number of hydrogen-bond acceptors (Lipinski definition) is 5. The maximum atomic E-state index is 12.4. The molecule has 1 amide bonds. The fourth-order valence-electron chi connectivity index (χ4n) is 2.64. The summed E-state index contributed by atoms with van der Waals surface area (Å²) >= 11 is 6.02. The Hall–Kier alpha value is -2.64. The number of anilines is 2. The molecule has 2 aromatic carbocycles. The molecule has 0 spiro atoms. The highest BCUT2D eigenvalue weighted by Crippen LogP contribution is 2.30. The van der Waals surface area contributed by atoms with Crippen molar-refractivity contribution in [1.82, 2.24) is 0 Å². The zero-order chi connectivity index (χ0) is 17.8. The minimum Gasteiger partial charge on any atom is -0.378 e. The fraction of sp³-hybridized carbons (Fsp3) is 0.235. The number of amides is 1. The van der Waals surface area contributed by atoms with Gasteiger partial charge in [-0.25, -0.2) is 0 Å². The van der Waals surface area contributed by atoms with Gasteiger partial charge in [0, 0.05) is 24.7 Å². The Balaban J connectivity index is 1.87. The topological polar surface area (TPSA) is 84.7 Å². The Morgan fingerprint density at radius 2 is 1.92 bits per heavy atom. The normalized spacial score (nSPS) is 14.2. The van der Waals surface area contributed by atoms with Crippen LogP contribution < -0.4 is 10.2 Å². The largest absolute Gasteiger partial charge is 0.378 e. The van der Waals surface area contributed by atoms with E-state index in [-0.39, 0.29) is 11.3 Å². The zero-order valence-corrected chi connectivity index (χ0v) is 14.0. The van der Waals surface area contributed by atoms with E-state index in [9.17, 15) is 14.9 Å². The van der Waals surface area contributed by atoms with Crippen LogP contribution in [0.25, 0.3) is 0 Å². The van der Waals surface area contributed by atoms with Gasteiger partial charge in [-0.05, 0) is 24.3 Å². The van der Waals surface area contributed by atoms with Crippen LogP contribution in [0.3, 0.4) is 0 Å². The molecular weight excluding hydrogens is 346 g/mol. The van der Waals surface area contributed by atoms with Gasteiger partial charge in [-0.3, -0.25) is 14.9 Å². The van der Waals surface area contributed by atoms with Gasteiger partial charge in [-0.15, -0.1) is 0 Å². The first-order chi connectivity index (χ1) is 12.1. The summed E-state index contributed by atoms with van der Waals surface area (Å²) in [7, 11) is 0. The molecule has 0 bridgehead atoms. The standard InChI is InChI=1S/C17H16ClN3O4/c18-13-3-1-2-4-14(13)19-17(22)12-5-6-15(16(11-12)21(23)24)20-7-9-25-10-8-20/h1-6,11H,7-10H2,(H,19,22). The van der Waals surface area contributed by atoms with Crippen molar-refractivity contribution in [3.05, 3.63) is 63.2 Å². The second-order valence-corrected chi connectivity index (χ2v) is 5.90. The molecule has 8 heteroatoms. The third-order valence-corrected chi connectivity index (χ3v) is 4.24. The number of rotatable bonds is 4. The number of benzene rings is 2. The van der Waals surface area contributed by atoms with Crippen molar-refractivity contribution in [1.29, 1.82) is 0 Å². The Morgan fingerprint density at radius 1 is 1.20 bits per heavy atom. The maximum absolute atomic E-state index is 12.4. The lowest BCUT2D eigenvalue weighted by molar-refractivity contribution is -0.384. The fourth-order valence-corrected chi connectivity index (χ4v) is 2.82. The van der Waals surface area contributed by atoms with Crippen molar-refractivity contribution in [2.75, 3.05) is 36.5 Å². The molecule has 1 saturated heterocycles. The molecule has 1 aliphatic rings. The van der Waals surface area contributed by atoms with Crippen LogP contribution in [0.1, 0.15) is 10.4 Å². The van der Waals surface area contributed by atoms with E-state index in [1.807, 2.05) is 4.90 Å². The minimum atomic E-state index is -0.475. The predicted octanol–water partition coefficient (Wildman–Crippen LogP) is 3.34. The van der Waals surface area contributed by atoms with Gasteiger partial charge in [0.25, 0.3) is 11.6 Å². The SMILES string of the molecule is O=C(Nc1ccccc1Cl)c1ccc(N2CCOCC2)c([N+](=O)[O-])c1. The quantitative estimate of drug-likeness (QED) is 0.667. The molecule has 3 rings (SSSR count). The van der Waals surface area contributed by atoms with E-state index in [2.05, 4.69) is 5.32 Å². The number of morpholine rings is 1. The lowest BCUT2D eigenvalue weighted by Crippen LogP contribution is -2.36. The van der Waals surface area contributed by atoms with E-state index in [0.29, 0.717) is 42.7 Å². The molecule has 0 saturated carbocycles. The Bertz CT molecular complexity index is 806. The number of nitrogens with one attached hydrogen (secondary N) is 1. The van der Waals surface area contributed by atoms with Crippen molar-refractivity contribution >= 4 is 34.6 Å². The summed E-state index contributed by atoms with van der Waals surface area (Å²) < 4.78 is 5.27. The molecular formula is C17H16ClN3O4. The van der Waals surface area contributed by atoms with E-state index < -0.39 is 10.8 Å². The number of carbonyl (C=O) groups excluding carboxylic acids is 1. The highest BCUT2D eigenvalue weighted by atomic mass is 35.5. The molecule has 1 heterocycles. The van der Waals surface area contributed by atoms with Crippen LogP contribution in [0.5, 0.6) is 0 Å². The van der Waals surface area contributed by atoms with Gasteiger partial charge in [0.2, 0.25) is 0 Å². The summed E-state index contributed by atoms with van der Waals surface area (Å²) in [4.78, 5) is 25.3. The lowest BCUT2D eigenvalue weighted by atomic mass is 10.1. The second-order valence-electron chi connectivity index (χ2n) is 5.49. The van der Waals surface area contributed by atoms with E-state index >= 15 is 0 Å². The average Bonchev–Trinajstić information content (AvgIpc) is 2.63. The summed E-state index contributed by atoms with van der Waals surface area (Å²) in [5.41, 5.74) is 1.04. The van der Waals surface area contributed by atoms with Crippen molar-refractivity contribution < 1.29 is 14.5 Å². The van der Waals surface area contributed by atoms with E-state index in [1.54, 1.807) is 36.4 Å². The van der Waals surface area contributed by atoms with Gasteiger partial charge in [-0.1, -0.05) is 23.7 Å². The van der Waals surface area contributed by atoms with Crippen molar-refractivity contribution in [2.45, 2.75) is 0 Å². The number of halogens is 1. The molecule has 1 N–H and O–H groups in total. The van der Waals surface area contributed by atoms with Crippen molar-refractivity contribution in [3.8, 4) is 0 Å². The van der Waals surface area contributed by atoms with Crippen LogP contribution in [0.2, 0.25) is 5.02 Å². The molecule has 130 valence electrons. The monoisotopic (exact) mass is 361 g/mol. The van der Waals surface area contributed by atoms with Gasteiger partial charge < -0.3 is 15.0 Å². The molecule has 0 aliphatic carbocycles. The Labute approximate surface area is 149 Å². The van der Waals surface area contributed by atoms with E-state index in [0.717, 1.165) is 0 Å². The number of ether oxygens (including phenoxy) is 1. The molecule has 0 unspecified atom stereocenters. The number of nitrogens with zero attached hydrogens (tertiary/aromatic N) is 2. The van der Waals surface area contributed by atoms with Crippen molar-refractivity contribution in [3.63, 3.8) is 0 Å². The molecule has 0 atom stereocenters. The third kappa shape index (κ3) is 3.89. The molecule has 25 heavy (non-hydrogen) atoms. The van der Waals surface area contributed by atoms with Crippen LogP contribution in [0.15, 0.2) is 42.5 Å². The number of hydrogen-bond donors (Lipinski definition) is 1. The summed E-state index contributed by atoms with van der Waals surface area (Å²) in [6, 6.07) is 11.3. The maximum Gasteiger partial charge on any atom is 0.293 e. The van der Waals surface area contributed by atoms with Crippen LogP contribution in [-0.2, 0) is 4.74 Å². The van der Waals surface area contributed by atoms with Gasteiger partial charge in [0.1, 0.15) is 5.69 Å². The zero-order valence-electron chi connectivity index (χ0n) is 13.3. The van der Waals surface area contributed by atoms with Crippen LogP contribution in [-0.4, -0.2) is 37.1 Å². The minimum absolute atomic E-state index is 0.103. The number of para-hydroxylation sites is 1. The van der Waals surface area contributed by atoms with Crippen LogP contribution in [0.4, 0.5) is 17.1 Å². The Kier molecular flexibility index (Phi) is 5.16. The van der Waals surface area contributed by atoms with Gasteiger partial charge in [0.15, 0.2) is 0 Å².